The summed E-state index contributed by atoms with van der Waals surface area (Å²) in [5.74, 6) is 0.905. The molecule has 0 spiro atoms. The molecule has 7 heteroatoms. The van der Waals surface area contributed by atoms with Gasteiger partial charge in [-0.1, -0.05) is 17.7 Å². The third-order valence-corrected chi connectivity index (χ3v) is 4.41. The lowest BCUT2D eigenvalue weighted by Crippen LogP contribution is -2.23. The van der Waals surface area contributed by atoms with E-state index in [1.54, 1.807) is 18.1 Å². The highest BCUT2D eigenvalue weighted by Crippen LogP contribution is 2.28. The molecule has 1 saturated heterocycles. The molecule has 3 heterocycles. The summed E-state index contributed by atoms with van der Waals surface area (Å²) in [4.78, 5) is 11.1. The Morgan fingerprint density at radius 1 is 1.30 bits per heavy atom. The molecule has 0 aliphatic carbocycles. The fraction of sp³-hybridized carbons (Fsp3) is 0.312. The quantitative estimate of drug-likeness (QED) is 0.739. The molecular weight excluding hydrogens is 314 g/mol. The molecule has 1 atom stereocenters. The Morgan fingerprint density at radius 2 is 2.22 bits per heavy atom. The van der Waals surface area contributed by atoms with Crippen molar-refractivity contribution in [1.82, 2.24) is 19.7 Å². The minimum Gasteiger partial charge on any atom is -0.380 e. The van der Waals surface area contributed by atoms with Crippen LogP contribution >= 0.6 is 11.6 Å². The monoisotopic (exact) mass is 329 g/mol. The normalized spacial score (nSPS) is 18.0. The van der Waals surface area contributed by atoms with Gasteiger partial charge >= 0.3 is 0 Å². The Labute approximate surface area is 138 Å². The number of fused-ring (bicyclic) bond motifs is 1. The lowest BCUT2D eigenvalue weighted by molar-refractivity contribution is 0.121. The van der Waals surface area contributed by atoms with Crippen LogP contribution in [0.5, 0.6) is 0 Å². The van der Waals surface area contributed by atoms with Crippen molar-refractivity contribution in [2.45, 2.75) is 12.5 Å². The average molecular weight is 330 g/mol. The van der Waals surface area contributed by atoms with Crippen molar-refractivity contribution in [2.75, 3.05) is 25.1 Å². The van der Waals surface area contributed by atoms with Gasteiger partial charge in [0.2, 0.25) is 0 Å². The Balaban J connectivity index is 1.78. The summed E-state index contributed by atoms with van der Waals surface area (Å²) >= 11 is 6.08. The first-order valence-electron chi connectivity index (χ1n) is 7.48. The van der Waals surface area contributed by atoms with E-state index in [0.717, 1.165) is 42.0 Å². The molecule has 0 radical (unpaired) electrons. The van der Waals surface area contributed by atoms with Crippen molar-refractivity contribution < 1.29 is 4.74 Å². The van der Waals surface area contributed by atoms with E-state index in [4.69, 9.17) is 16.3 Å². The van der Waals surface area contributed by atoms with E-state index < -0.39 is 0 Å². The fourth-order valence-corrected chi connectivity index (χ4v) is 3.18. The predicted octanol–water partition coefficient (Wildman–Crippen LogP) is 2.69. The first-order chi connectivity index (χ1) is 11.3. The van der Waals surface area contributed by atoms with Gasteiger partial charge < -0.3 is 9.64 Å². The van der Waals surface area contributed by atoms with E-state index in [9.17, 15) is 0 Å². The highest BCUT2D eigenvalue weighted by atomic mass is 35.5. The van der Waals surface area contributed by atoms with Gasteiger partial charge in [0.05, 0.1) is 23.4 Å². The molecule has 0 amide bonds. The summed E-state index contributed by atoms with van der Waals surface area (Å²) in [5, 5.41) is 6.08. The first kappa shape index (κ1) is 14.4. The van der Waals surface area contributed by atoms with Crippen molar-refractivity contribution >= 4 is 28.5 Å². The first-order valence-corrected chi connectivity index (χ1v) is 7.86. The van der Waals surface area contributed by atoms with Crippen LogP contribution in [0, 0.1) is 0 Å². The van der Waals surface area contributed by atoms with Crippen LogP contribution < -0.4 is 4.90 Å². The van der Waals surface area contributed by atoms with E-state index in [1.807, 2.05) is 30.5 Å². The van der Waals surface area contributed by atoms with Gasteiger partial charge in [-0.05, 0) is 24.6 Å². The van der Waals surface area contributed by atoms with Gasteiger partial charge in [-0.25, -0.2) is 14.6 Å². The van der Waals surface area contributed by atoms with Crippen LogP contribution in [0.3, 0.4) is 0 Å². The van der Waals surface area contributed by atoms with Gasteiger partial charge in [0.1, 0.15) is 12.1 Å². The van der Waals surface area contributed by atoms with Crippen LogP contribution in [-0.2, 0) is 4.74 Å². The average Bonchev–Trinajstić information content (AvgIpc) is 3.21. The minimum absolute atomic E-state index is 0.253. The summed E-state index contributed by atoms with van der Waals surface area (Å²) in [6.45, 7) is 1.76. The second-order valence-corrected chi connectivity index (χ2v) is 6.00. The van der Waals surface area contributed by atoms with E-state index >= 15 is 0 Å². The Hall–Kier alpha value is -2.18. The van der Waals surface area contributed by atoms with E-state index in [1.165, 1.54) is 0 Å². The highest BCUT2D eigenvalue weighted by molar-refractivity contribution is 6.30. The molecule has 23 heavy (non-hydrogen) atoms. The maximum atomic E-state index is 6.08. The fourth-order valence-electron chi connectivity index (χ4n) is 2.99. The van der Waals surface area contributed by atoms with E-state index in [-0.39, 0.29) is 6.10 Å². The van der Waals surface area contributed by atoms with Crippen molar-refractivity contribution in [3.8, 4) is 5.69 Å². The zero-order valence-corrected chi connectivity index (χ0v) is 13.4. The van der Waals surface area contributed by atoms with Crippen molar-refractivity contribution in [2.24, 2.45) is 0 Å². The van der Waals surface area contributed by atoms with Crippen LogP contribution in [0.15, 0.2) is 36.8 Å². The van der Waals surface area contributed by atoms with E-state index in [2.05, 4.69) is 20.0 Å². The number of hydrogen-bond acceptors (Lipinski definition) is 5. The van der Waals surface area contributed by atoms with Crippen LogP contribution in [0.1, 0.15) is 6.42 Å². The molecule has 4 rings (SSSR count). The number of aromatic nitrogens is 4. The van der Waals surface area contributed by atoms with Gasteiger partial charge in [-0.15, -0.1) is 0 Å². The second-order valence-electron chi connectivity index (χ2n) is 5.56. The molecule has 3 aromatic rings. The van der Waals surface area contributed by atoms with Crippen molar-refractivity contribution in [3.05, 3.63) is 41.8 Å². The van der Waals surface area contributed by atoms with E-state index in [0.29, 0.717) is 5.02 Å². The molecule has 6 nitrogen and oxygen atoms in total. The molecule has 2 aromatic heterocycles. The second kappa shape index (κ2) is 5.79. The number of methoxy groups -OCH3 is 1. The Morgan fingerprint density at radius 3 is 3.00 bits per heavy atom. The van der Waals surface area contributed by atoms with Crippen LogP contribution in [0.2, 0.25) is 5.02 Å². The zero-order chi connectivity index (χ0) is 15.8. The molecule has 1 unspecified atom stereocenters. The topological polar surface area (TPSA) is 56.1 Å². The molecule has 0 N–H and O–H groups in total. The smallest absolute Gasteiger partial charge is 0.168 e. The number of halogens is 1. The lowest BCUT2D eigenvalue weighted by Gasteiger charge is -2.17. The van der Waals surface area contributed by atoms with Crippen LogP contribution in [-0.4, -0.2) is 46.1 Å². The molecule has 0 bridgehead atoms. The van der Waals surface area contributed by atoms with Crippen molar-refractivity contribution in [3.63, 3.8) is 0 Å². The molecule has 1 aliphatic rings. The van der Waals surface area contributed by atoms with Gasteiger partial charge in [-0.2, -0.15) is 5.10 Å². The number of rotatable bonds is 3. The van der Waals surface area contributed by atoms with Gasteiger partial charge in [0.15, 0.2) is 5.65 Å². The highest BCUT2D eigenvalue weighted by Gasteiger charge is 2.25. The maximum absolute atomic E-state index is 6.08. The molecule has 1 aromatic carbocycles. The van der Waals surface area contributed by atoms with Gasteiger partial charge in [-0.3, -0.25) is 0 Å². The van der Waals surface area contributed by atoms with Gasteiger partial charge in [0.25, 0.3) is 0 Å². The number of anilines is 1. The third kappa shape index (κ3) is 2.54. The third-order valence-electron chi connectivity index (χ3n) is 4.18. The molecule has 0 saturated carbocycles. The largest absolute Gasteiger partial charge is 0.380 e. The summed E-state index contributed by atoms with van der Waals surface area (Å²) < 4.78 is 7.23. The van der Waals surface area contributed by atoms with Crippen molar-refractivity contribution in [1.29, 1.82) is 0 Å². The predicted molar refractivity (Wildman–Crippen MR) is 89.3 cm³/mol. The summed E-state index contributed by atoms with van der Waals surface area (Å²) in [5.41, 5.74) is 1.66. The SMILES string of the molecule is COC1CCN(c2ncnc3c2cnn3-c2cccc(Cl)c2)C1. The zero-order valence-electron chi connectivity index (χ0n) is 12.7. The number of ether oxygens (including phenoxy) is 1. The maximum Gasteiger partial charge on any atom is 0.168 e. The molecule has 1 fully saturated rings. The van der Waals surface area contributed by atoms with Crippen LogP contribution in [0.25, 0.3) is 16.7 Å². The molecular formula is C16H16ClN5O. The number of nitrogens with zero attached hydrogens (tertiary/aromatic N) is 5. The molecule has 1 aliphatic heterocycles. The lowest BCUT2D eigenvalue weighted by atomic mass is 10.3. The summed E-state index contributed by atoms with van der Waals surface area (Å²) in [6, 6.07) is 7.56. The summed E-state index contributed by atoms with van der Waals surface area (Å²) in [7, 11) is 1.75. The van der Waals surface area contributed by atoms with Crippen LogP contribution in [0.4, 0.5) is 5.82 Å². The standard InChI is InChI=1S/C16H16ClN5O/c1-23-13-5-6-21(9-13)15-14-8-20-22(16(14)19-10-18-15)12-4-2-3-11(17)7-12/h2-4,7-8,10,13H,5-6,9H2,1H3. The Kier molecular flexibility index (Phi) is 3.63. The number of hydrogen-bond donors (Lipinski definition) is 0. The molecule has 118 valence electrons. The van der Waals surface area contributed by atoms with Gasteiger partial charge in [0, 0.05) is 25.2 Å². The summed E-state index contributed by atoms with van der Waals surface area (Å²) in [6.07, 6.45) is 4.65. The number of benzene rings is 1. The Bertz CT molecular complexity index is 849. The minimum atomic E-state index is 0.253.